The third-order valence-electron chi connectivity index (χ3n) is 4.83. The third-order valence-corrected chi connectivity index (χ3v) is 4.83. The third kappa shape index (κ3) is 7.16. The molecule has 2 amide bonds. The predicted octanol–water partition coefficient (Wildman–Crippen LogP) is 3.27. The van der Waals surface area contributed by atoms with Crippen molar-refractivity contribution in [1.82, 2.24) is 15.5 Å². The van der Waals surface area contributed by atoms with Crippen LogP contribution in [0.25, 0.3) is 0 Å². The molecule has 21 heavy (non-hydrogen) atoms. The van der Waals surface area contributed by atoms with Crippen molar-refractivity contribution in [2.24, 2.45) is 0 Å². The Balaban J connectivity index is 1.41. The van der Waals surface area contributed by atoms with Crippen molar-refractivity contribution in [3.63, 3.8) is 0 Å². The van der Waals surface area contributed by atoms with Crippen molar-refractivity contribution in [3.8, 4) is 0 Å². The Kier molecular flexibility index (Phi) is 7.94. The van der Waals surface area contributed by atoms with E-state index in [4.69, 9.17) is 0 Å². The van der Waals surface area contributed by atoms with E-state index >= 15 is 0 Å². The SMILES string of the molecule is O=C(NCCCCCN1CCCCC1)NC1CCCCC1. The zero-order valence-electron chi connectivity index (χ0n) is 13.5. The normalized spacial score (nSPS) is 21.1. The first kappa shape index (κ1) is 16.6. The van der Waals surface area contributed by atoms with Gasteiger partial charge in [-0.2, -0.15) is 0 Å². The van der Waals surface area contributed by atoms with Crippen molar-refractivity contribution in [2.75, 3.05) is 26.2 Å². The van der Waals surface area contributed by atoms with Gasteiger partial charge in [0.15, 0.2) is 0 Å². The van der Waals surface area contributed by atoms with Gasteiger partial charge in [-0.05, 0) is 58.2 Å². The van der Waals surface area contributed by atoms with E-state index in [1.165, 1.54) is 71.0 Å². The van der Waals surface area contributed by atoms with Crippen LogP contribution in [0.3, 0.4) is 0 Å². The molecule has 0 atom stereocenters. The zero-order chi connectivity index (χ0) is 14.8. The molecule has 1 saturated heterocycles. The summed E-state index contributed by atoms with van der Waals surface area (Å²) in [7, 11) is 0. The second-order valence-electron chi connectivity index (χ2n) is 6.70. The van der Waals surface area contributed by atoms with E-state index in [1.54, 1.807) is 0 Å². The average molecular weight is 295 g/mol. The van der Waals surface area contributed by atoms with Crippen LogP contribution in [0.4, 0.5) is 4.79 Å². The lowest BCUT2D eigenvalue weighted by molar-refractivity contribution is 0.223. The van der Waals surface area contributed by atoms with E-state index in [1.807, 2.05) is 0 Å². The first-order valence-corrected chi connectivity index (χ1v) is 9.11. The summed E-state index contributed by atoms with van der Waals surface area (Å²) in [6, 6.07) is 0.454. The Labute approximate surface area is 130 Å². The van der Waals surface area contributed by atoms with Crippen LogP contribution in [0.15, 0.2) is 0 Å². The minimum Gasteiger partial charge on any atom is -0.338 e. The van der Waals surface area contributed by atoms with Crippen LogP contribution in [-0.2, 0) is 0 Å². The molecule has 0 bridgehead atoms. The van der Waals surface area contributed by atoms with E-state index in [2.05, 4.69) is 15.5 Å². The molecule has 1 heterocycles. The molecule has 4 heteroatoms. The first-order chi connectivity index (χ1) is 10.3. The number of piperidine rings is 1. The van der Waals surface area contributed by atoms with Gasteiger partial charge in [0.05, 0.1) is 0 Å². The fourth-order valence-corrected chi connectivity index (χ4v) is 3.51. The van der Waals surface area contributed by atoms with Crippen molar-refractivity contribution < 1.29 is 4.79 Å². The summed E-state index contributed by atoms with van der Waals surface area (Å²) >= 11 is 0. The number of hydrogen-bond donors (Lipinski definition) is 2. The maximum Gasteiger partial charge on any atom is 0.315 e. The molecule has 0 aromatic carbocycles. The van der Waals surface area contributed by atoms with Gasteiger partial charge in [0.2, 0.25) is 0 Å². The van der Waals surface area contributed by atoms with Gasteiger partial charge in [-0.1, -0.05) is 32.1 Å². The Morgan fingerprint density at radius 1 is 0.905 bits per heavy atom. The van der Waals surface area contributed by atoms with Crippen molar-refractivity contribution in [2.45, 2.75) is 76.7 Å². The predicted molar refractivity (Wildman–Crippen MR) is 87.5 cm³/mol. The van der Waals surface area contributed by atoms with Crippen LogP contribution < -0.4 is 10.6 Å². The average Bonchev–Trinajstić information content (AvgIpc) is 2.53. The Hall–Kier alpha value is -0.770. The number of carbonyl (C=O) groups excluding carboxylic acids is 1. The Morgan fingerprint density at radius 2 is 1.62 bits per heavy atom. The molecule has 0 unspecified atom stereocenters. The molecule has 0 spiro atoms. The van der Waals surface area contributed by atoms with E-state index in [9.17, 15) is 4.79 Å². The fraction of sp³-hybridized carbons (Fsp3) is 0.941. The van der Waals surface area contributed by atoms with Crippen molar-refractivity contribution in [3.05, 3.63) is 0 Å². The summed E-state index contributed by atoms with van der Waals surface area (Å²) in [5, 5.41) is 6.11. The lowest BCUT2D eigenvalue weighted by Crippen LogP contribution is -2.43. The summed E-state index contributed by atoms with van der Waals surface area (Å²) in [5.41, 5.74) is 0. The molecule has 2 aliphatic rings. The highest BCUT2D eigenvalue weighted by atomic mass is 16.2. The highest BCUT2D eigenvalue weighted by Crippen LogP contribution is 2.17. The van der Waals surface area contributed by atoms with Gasteiger partial charge < -0.3 is 15.5 Å². The molecule has 0 aromatic heterocycles. The molecular formula is C17H33N3O. The molecule has 1 aliphatic carbocycles. The Morgan fingerprint density at radius 3 is 2.38 bits per heavy atom. The summed E-state index contributed by atoms with van der Waals surface area (Å²) in [5.74, 6) is 0. The van der Waals surface area contributed by atoms with Crippen LogP contribution >= 0.6 is 0 Å². The molecular weight excluding hydrogens is 262 g/mol. The van der Waals surface area contributed by atoms with Gasteiger partial charge in [-0.15, -0.1) is 0 Å². The largest absolute Gasteiger partial charge is 0.338 e. The van der Waals surface area contributed by atoms with E-state index in [0.717, 1.165) is 25.8 Å². The molecule has 2 N–H and O–H groups in total. The topological polar surface area (TPSA) is 44.4 Å². The lowest BCUT2D eigenvalue weighted by Gasteiger charge is -2.26. The summed E-state index contributed by atoms with van der Waals surface area (Å²) in [6.07, 6.45) is 13.9. The second kappa shape index (κ2) is 10.0. The number of nitrogens with one attached hydrogen (secondary N) is 2. The van der Waals surface area contributed by atoms with Crippen LogP contribution in [0.5, 0.6) is 0 Å². The van der Waals surface area contributed by atoms with Crippen LogP contribution in [0.1, 0.15) is 70.6 Å². The molecule has 4 nitrogen and oxygen atoms in total. The molecule has 1 aliphatic heterocycles. The number of urea groups is 1. The van der Waals surface area contributed by atoms with Gasteiger partial charge in [0.25, 0.3) is 0 Å². The standard InChI is InChI=1S/C17H33N3O/c21-17(19-16-10-4-1-5-11-16)18-12-6-2-7-13-20-14-8-3-9-15-20/h16H,1-15H2,(H2,18,19,21). The smallest absolute Gasteiger partial charge is 0.315 e. The highest BCUT2D eigenvalue weighted by molar-refractivity contribution is 5.74. The quantitative estimate of drug-likeness (QED) is 0.708. The maximum absolute atomic E-state index is 11.8. The van der Waals surface area contributed by atoms with E-state index in [0.29, 0.717) is 6.04 Å². The van der Waals surface area contributed by atoms with Gasteiger partial charge in [0, 0.05) is 12.6 Å². The Bertz CT molecular complexity index is 284. The summed E-state index contributed by atoms with van der Waals surface area (Å²) < 4.78 is 0. The van der Waals surface area contributed by atoms with E-state index < -0.39 is 0 Å². The van der Waals surface area contributed by atoms with Crippen molar-refractivity contribution in [1.29, 1.82) is 0 Å². The van der Waals surface area contributed by atoms with E-state index in [-0.39, 0.29) is 6.03 Å². The van der Waals surface area contributed by atoms with Gasteiger partial charge in [-0.3, -0.25) is 0 Å². The molecule has 0 radical (unpaired) electrons. The first-order valence-electron chi connectivity index (χ1n) is 9.11. The molecule has 1 saturated carbocycles. The van der Waals surface area contributed by atoms with Crippen molar-refractivity contribution >= 4 is 6.03 Å². The number of carbonyl (C=O) groups is 1. The zero-order valence-corrected chi connectivity index (χ0v) is 13.5. The summed E-state index contributed by atoms with van der Waals surface area (Å²) in [6.45, 7) is 4.65. The number of likely N-dealkylation sites (tertiary alicyclic amines) is 1. The number of hydrogen-bond acceptors (Lipinski definition) is 2. The monoisotopic (exact) mass is 295 g/mol. The minimum atomic E-state index is 0.0398. The van der Waals surface area contributed by atoms with Crippen LogP contribution in [-0.4, -0.2) is 43.2 Å². The van der Waals surface area contributed by atoms with Gasteiger partial charge >= 0.3 is 6.03 Å². The lowest BCUT2D eigenvalue weighted by atomic mass is 9.96. The minimum absolute atomic E-state index is 0.0398. The fourth-order valence-electron chi connectivity index (χ4n) is 3.51. The number of nitrogens with zero attached hydrogens (tertiary/aromatic N) is 1. The maximum atomic E-state index is 11.8. The molecule has 2 rings (SSSR count). The van der Waals surface area contributed by atoms with Gasteiger partial charge in [-0.25, -0.2) is 4.79 Å². The number of unbranched alkanes of at least 4 members (excludes halogenated alkanes) is 2. The molecule has 0 aromatic rings. The van der Waals surface area contributed by atoms with Gasteiger partial charge in [0.1, 0.15) is 0 Å². The van der Waals surface area contributed by atoms with Crippen LogP contribution in [0, 0.1) is 0 Å². The second-order valence-corrected chi connectivity index (χ2v) is 6.70. The highest BCUT2D eigenvalue weighted by Gasteiger charge is 2.15. The number of amides is 2. The summed E-state index contributed by atoms with van der Waals surface area (Å²) in [4.78, 5) is 14.4. The van der Waals surface area contributed by atoms with Crippen LogP contribution in [0.2, 0.25) is 0 Å². The molecule has 122 valence electrons. The number of rotatable bonds is 7. The molecule has 2 fully saturated rings.